The first kappa shape index (κ1) is 13.9. The highest BCUT2D eigenvalue weighted by atomic mass is 15.1. The SMILES string of the molecule is CCCNc1ccc(CN2CCCc3ccccc32)cn1. The lowest BCUT2D eigenvalue weighted by molar-refractivity contribution is 0.690. The highest BCUT2D eigenvalue weighted by Gasteiger charge is 2.16. The van der Waals surface area contributed by atoms with Crippen LogP contribution in [0.5, 0.6) is 0 Å². The molecule has 0 saturated heterocycles. The van der Waals surface area contributed by atoms with Crippen molar-refractivity contribution >= 4 is 11.5 Å². The smallest absolute Gasteiger partial charge is 0.125 e. The topological polar surface area (TPSA) is 28.2 Å². The van der Waals surface area contributed by atoms with Gasteiger partial charge in [-0.15, -0.1) is 0 Å². The van der Waals surface area contributed by atoms with E-state index in [0.717, 1.165) is 31.9 Å². The third kappa shape index (κ3) is 3.35. The second-order valence-electron chi connectivity index (χ2n) is 5.63. The second kappa shape index (κ2) is 6.61. The lowest BCUT2D eigenvalue weighted by Gasteiger charge is -2.31. The van der Waals surface area contributed by atoms with Gasteiger partial charge in [0, 0.05) is 31.5 Å². The summed E-state index contributed by atoms with van der Waals surface area (Å²) in [6, 6.07) is 13.0. The molecule has 3 rings (SSSR count). The number of benzene rings is 1. The first-order valence-corrected chi connectivity index (χ1v) is 7.88. The van der Waals surface area contributed by atoms with Gasteiger partial charge in [-0.2, -0.15) is 0 Å². The van der Waals surface area contributed by atoms with Crippen LogP contribution in [0.25, 0.3) is 0 Å². The van der Waals surface area contributed by atoms with Gasteiger partial charge in [0.2, 0.25) is 0 Å². The monoisotopic (exact) mass is 281 g/mol. The van der Waals surface area contributed by atoms with Crippen molar-refractivity contribution in [3.05, 3.63) is 53.7 Å². The van der Waals surface area contributed by atoms with Crippen molar-refractivity contribution in [2.24, 2.45) is 0 Å². The molecule has 2 heterocycles. The Labute approximate surface area is 127 Å². The van der Waals surface area contributed by atoms with Crippen LogP contribution in [-0.2, 0) is 13.0 Å². The van der Waals surface area contributed by atoms with Crippen molar-refractivity contribution in [3.8, 4) is 0 Å². The molecule has 0 bridgehead atoms. The summed E-state index contributed by atoms with van der Waals surface area (Å²) >= 11 is 0. The Morgan fingerprint density at radius 1 is 1.19 bits per heavy atom. The first-order valence-electron chi connectivity index (χ1n) is 7.88. The van der Waals surface area contributed by atoms with Gasteiger partial charge in [-0.25, -0.2) is 4.98 Å². The number of hydrogen-bond acceptors (Lipinski definition) is 3. The van der Waals surface area contributed by atoms with Gasteiger partial charge in [0.1, 0.15) is 5.82 Å². The Morgan fingerprint density at radius 3 is 2.90 bits per heavy atom. The van der Waals surface area contributed by atoms with Crippen molar-refractivity contribution in [1.82, 2.24) is 4.98 Å². The molecule has 3 heteroatoms. The van der Waals surface area contributed by atoms with Gasteiger partial charge in [0.25, 0.3) is 0 Å². The molecule has 0 aliphatic carbocycles. The van der Waals surface area contributed by atoms with E-state index in [4.69, 9.17) is 0 Å². The number of fused-ring (bicyclic) bond motifs is 1. The lowest BCUT2D eigenvalue weighted by Crippen LogP contribution is -2.28. The maximum atomic E-state index is 4.50. The van der Waals surface area contributed by atoms with E-state index < -0.39 is 0 Å². The number of pyridine rings is 1. The summed E-state index contributed by atoms with van der Waals surface area (Å²) in [5.74, 6) is 0.972. The zero-order chi connectivity index (χ0) is 14.5. The largest absolute Gasteiger partial charge is 0.370 e. The molecule has 0 saturated carbocycles. The highest BCUT2D eigenvalue weighted by Crippen LogP contribution is 2.27. The standard InChI is InChI=1S/C18H23N3/c1-2-11-19-18-10-9-15(13-20-18)14-21-12-5-7-16-6-3-4-8-17(16)21/h3-4,6,8-10,13H,2,5,7,11-12,14H2,1H3,(H,19,20). The molecule has 3 nitrogen and oxygen atoms in total. The number of para-hydroxylation sites is 1. The molecular formula is C18H23N3. The summed E-state index contributed by atoms with van der Waals surface area (Å²) in [6.07, 6.45) is 5.55. The summed E-state index contributed by atoms with van der Waals surface area (Å²) in [7, 11) is 0. The summed E-state index contributed by atoms with van der Waals surface area (Å²) in [5, 5.41) is 3.32. The summed E-state index contributed by atoms with van der Waals surface area (Å²) < 4.78 is 0. The zero-order valence-electron chi connectivity index (χ0n) is 12.7. The molecule has 0 atom stereocenters. The van der Waals surface area contributed by atoms with Crippen LogP contribution in [0.3, 0.4) is 0 Å². The third-order valence-electron chi connectivity index (χ3n) is 3.96. The number of nitrogens with one attached hydrogen (secondary N) is 1. The van der Waals surface area contributed by atoms with Gasteiger partial charge in [-0.1, -0.05) is 31.2 Å². The van der Waals surface area contributed by atoms with Crippen LogP contribution in [0.1, 0.15) is 30.9 Å². The molecule has 21 heavy (non-hydrogen) atoms. The normalized spacial score (nSPS) is 13.9. The average molecular weight is 281 g/mol. The predicted molar refractivity (Wildman–Crippen MR) is 88.8 cm³/mol. The lowest BCUT2D eigenvalue weighted by atomic mass is 10.0. The van der Waals surface area contributed by atoms with E-state index in [1.54, 1.807) is 0 Å². The van der Waals surface area contributed by atoms with Crippen LogP contribution in [-0.4, -0.2) is 18.1 Å². The van der Waals surface area contributed by atoms with Gasteiger partial charge >= 0.3 is 0 Å². The van der Waals surface area contributed by atoms with E-state index in [0.29, 0.717) is 0 Å². The summed E-state index contributed by atoms with van der Waals surface area (Å²) in [5.41, 5.74) is 4.13. The van der Waals surface area contributed by atoms with Crippen LogP contribution in [0.4, 0.5) is 11.5 Å². The van der Waals surface area contributed by atoms with E-state index in [1.807, 2.05) is 6.20 Å². The molecule has 1 aromatic carbocycles. The summed E-state index contributed by atoms with van der Waals surface area (Å²) in [4.78, 5) is 6.97. The molecule has 110 valence electrons. The van der Waals surface area contributed by atoms with Gasteiger partial charge < -0.3 is 10.2 Å². The Balaban J connectivity index is 1.70. The Bertz CT molecular complexity index is 577. The van der Waals surface area contributed by atoms with Crippen LogP contribution >= 0.6 is 0 Å². The Kier molecular flexibility index (Phi) is 4.39. The van der Waals surface area contributed by atoms with Crippen molar-refractivity contribution in [2.45, 2.75) is 32.7 Å². The number of aryl methyl sites for hydroxylation is 1. The van der Waals surface area contributed by atoms with E-state index in [-0.39, 0.29) is 0 Å². The van der Waals surface area contributed by atoms with E-state index in [2.05, 4.69) is 58.5 Å². The third-order valence-corrected chi connectivity index (χ3v) is 3.96. The van der Waals surface area contributed by atoms with Crippen molar-refractivity contribution < 1.29 is 0 Å². The van der Waals surface area contributed by atoms with E-state index in [1.165, 1.54) is 29.7 Å². The molecule has 1 aliphatic rings. The predicted octanol–water partition coefficient (Wildman–Crippen LogP) is 3.86. The second-order valence-corrected chi connectivity index (χ2v) is 5.63. The molecular weight excluding hydrogens is 258 g/mol. The van der Waals surface area contributed by atoms with Crippen LogP contribution in [0.2, 0.25) is 0 Å². The van der Waals surface area contributed by atoms with Crippen LogP contribution in [0.15, 0.2) is 42.6 Å². The van der Waals surface area contributed by atoms with Crippen LogP contribution in [0, 0.1) is 0 Å². The maximum Gasteiger partial charge on any atom is 0.125 e. The molecule has 1 aromatic heterocycles. The van der Waals surface area contributed by atoms with Gasteiger partial charge in [0.05, 0.1) is 0 Å². The zero-order valence-corrected chi connectivity index (χ0v) is 12.7. The maximum absolute atomic E-state index is 4.50. The minimum absolute atomic E-state index is 0.943. The van der Waals surface area contributed by atoms with Crippen molar-refractivity contribution in [1.29, 1.82) is 0 Å². The van der Waals surface area contributed by atoms with E-state index >= 15 is 0 Å². The van der Waals surface area contributed by atoms with Crippen molar-refractivity contribution in [3.63, 3.8) is 0 Å². The van der Waals surface area contributed by atoms with Gasteiger partial charge in [-0.05, 0) is 42.5 Å². The Morgan fingerprint density at radius 2 is 2.10 bits per heavy atom. The molecule has 0 unspecified atom stereocenters. The molecule has 2 aromatic rings. The van der Waals surface area contributed by atoms with E-state index in [9.17, 15) is 0 Å². The molecule has 1 N–H and O–H groups in total. The quantitative estimate of drug-likeness (QED) is 0.902. The number of nitrogens with zero attached hydrogens (tertiary/aromatic N) is 2. The van der Waals surface area contributed by atoms with Gasteiger partial charge in [0.15, 0.2) is 0 Å². The van der Waals surface area contributed by atoms with Crippen LogP contribution < -0.4 is 10.2 Å². The fourth-order valence-corrected chi connectivity index (χ4v) is 2.87. The average Bonchev–Trinajstić information content (AvgIpc) is 2.55. The molecule has 0 radical (unpaired) electrons. The van der Waals surface area contributed by atoms with Crippen molar-refractivity contribution in [2.75, 3.05) is 23.3 Å². The number of rotatable bonds is 5. The molecule has 0 fully saturated rings. The Hall–Kier alpha value is -2.03. The summed E-state index contributed by atoms with van der Waals surface area (Å²) in [6.45, 7) is 5.21. The number of aromatic nitrogens is 1. The fourth-order valence-electron chi connectivity index (χ4n) is 2.87. The molecule has 0 spiro atoms. The fraction of sp³-hybridized carbons (Fsp3) is 0.389. The van der Waals surface area contributed by atoms with Gasteiger partial charge in [-0.3, -0.25) is 0 Å². The number of hydrogen-bond donors (Lipinski definition) is 1. The highest BCUT2D eigenvalue weighted by molar-refractivity contribution is 5.55. The molecule has 0 amide bonds. The minimum atomic E-state index is 0.943. The minimum Gasteiger partial charge on any atom is -0.370 e. The number of anilines is 2. The first-order chi connectivity index (χ1) is 10.4. The molecule has 1 aliphatic heterocycles.